The second kappa shape index (κ2) is 8.97. The molecular formula is C27H26F4O. The minimum atomic E-state index is -3.93. The molecule has 1 fully saturated rings. The van der Waals surface area contributed by atoms with Crippen LogP contribution in [0.5, 0.6) is 5.75 Å². The van der Waals surface area contributed by atoms with Crippen LogP contribution >= 0.6 is 0 Å². The summed E-state index contributed by atoms with van der Waals surface area (Å²) in [5.74, 6) is -1.24. The molecule has 0 N–H and O–H groups in total. The first-order valence-corrected chi connectivity index (χ1v) is 11.0. The number of alkyl halides is 2. The quantitative estimate of drug-likeness (QED) is 0.361. The van der Waals surface area contributed by atoms with E-state index in [0.29, 0.717) is 11.5 Å². The summed E-state index contributed by atoms with van der Waals surface area (Å²) in [5, 5.41) is 0. The fourth-order valence-corrected chi connectivity index (χ4v) is 4.34. The molecule has 0 radical (unpaired) electrons. The van der Waals surface area contributed by atoms with Gasteiger partial charge in [-0.15, -0.1) is 0 Å². The van der Waals surface area contributed by atoms with Crippen molar-refractivity contribution in [2.75, 3.05) is 0 Å². The van der Waals surface area contributed by atoms with E-state index in [4.69, 9.17) is 4.74 Å². The van der Waals surface area contributed by atoms with E-state index in [9.17, 15) is 17.6 Å². The number of hydrogen-bond acceptors (Lipinski definition) is 1. The molecule has 3 aromatic carbocycles. The average Bonchev–Trinajstić information content (AvgIpc) is 2.75. The number of benzene rings is 3. The number of ether oxygens (including phenoxy) is 1. The molecule has 1 nitrogen and oxygen atoms in total. The van der Waals surface area contributed by atoms with Gasteiger partial charge in [-0.1, -0.05) is 55.7 Å². The number of aryl methyl sites for hydroxylation is 1. The SMILES string of the molecule is Cc1ccc(-c2ccc(OC(F)(F)c3ccc(C4CCC(C)CC4)cc3F)cc2F)cc1. The summed E-state index contributed by atoms with van der Waals surface area (Å²) in [6, 6.07) is 14.6. The van der Waals surface area contributed by atoms with Crippen LogP contribution in [0.3, 0.4) is 0 Å². The highest BCUT2D eigenvalue weighted by atomic mass is 19.3. The maximum absolute atomic E-state index is 14.7. The number of hydrogen-bond donors (Lipinski definition) is 0. The molecule has 4 rings (SSSR count). The van der Waals surface area contributed by atoms with Crippen molar-refractivity contribution in [3.05, 3.63) is 89.0 Å². The summed E-state index contributed by atoms with van der Waals surface area (Å²) >= 11 is 0. The molecule has 0 aliphatic heterocycles. The van der Waals surface area contributed by atoms with Crippen molar-refractivity contribution in [2.24, 2.45) is 5.92 Å². The molecule has 0 aromatic heterocycles. The van der Waals surface area contributed by atoms with Gasteiger partial charge in [0.1, 0.15) is 17.4 Å². The summed E-state index contributed by atoms with van der Waals surface area (Å²) in [6.45, 7) is 4.11. The van der Waals surface area contributed by atoms with Crippen LogP contribution in [0.15, 0.2) is 60.7 Å². The average molecular weight is 442 g/mol. The number of rotatable bonds is 5. The Morgan fingerprint density at radius 2 is 1.50 bits per heavy atom. The molecule has 0 atom stereocenters. The van der Waals surface area contributed by atoms with Gasteiger partial charge in [0.25, 0.3) is 0 Å². The lowest BCUT2D eigenvalue weighted by Crippen LogP contribution is -2.24. The maximum Gasteiger partial charge on any atom is 0.429 e. The van der Waals surface area contributed by atoms with Crippen molar-refractivity contribution in [1.82, 2.24) is 0 Å². The van der Waals surface area contributed by atoms with Gasteiger partial charge in [-0.25, -0.2) is 8.78 Å². The molecule has 0 heterocycles. The Morgan fingerprint density at radius 3 is 2.12 bits per heavy atom. The van der Waals surface area contributed by atoms with Crippen LogP contribution in [-0.2, 0) is 6.11 Å². The zero-order valence-electron chi connectivity index (χ0n) is 18.2. The molecule has 168 valence electrons. The van der Waals surface area contributed by atoms with Crippen molar-refractivity contribution in [1.29, 1.82) is 0 Å². The monoisotopic (exact) mass is 442 g/mol. The van der Waals surface area contributed by atoms with Crippen LogP contribution in [0.4, 0.5) is 17.6 Å². The molecule has 1 aliphatic carbocycles. The van der Waals surface area contributed by atoms with Gasteiger partial charge in [0.15, 0.2) is 0 Å². The predicted octanol–water partition coefficient (Wildman–Crippen LogP) is 8.36. The van der Waals surface area contributed by atoms with E-state index < -0.39 is 23.3 Å². The van der Waals surface area contributed by atoms with Crippen molar-refractivity contribution in [3.8, 4) is 16.9 Å². The zero-order chi connectivity index (χ0) is 22.9. The Kier molecular flexibility index (Phi) is 6.27. The van der Waals surface area contributed by atoms with Gasteiger partial charge >= 0.3 is 6.11 Å². The third kappa shape index (κ3) is 4.82. The van der Waals surface area contributed by atoms with Gasteiger partial charge in [-0.2, -0.15) is 8.78 Å². The Hall–Kier alpha value is -2.82. The molecule has 1 aliphatic rings. The highest BCUT2D eigenvalue weighted by Crippen LogP contribution is 2.39. The highest BCUT2D eigenvalue weighted by molar-refractivity contribution is 5.65. The molecule has 32 heavy (non-hydrogen) atoms. The van der Waals surface area contributed by atoms with E-state index in [-0.39, 0.29) is 17.2 Å². The summed E-state index contributed by atoms with van der Waals surface area (Å²) in [5.41, 5.74) is 1.82. The lowest BCUT2D eigenvalue weighted by molar-refractivity contribution is -0.187. The molecule has 5 heteroatoms. The fourth-order valence-electron chi connectivity index (χ4n) is 4.34. The second-order valence-electron chi connectivity index (χ2n) is 8.82. The van der Waals surface area contributed by atoms with Crippen LogP contribution < -0.4 is 4.74 Å². The molecule has 0 bridgehead atoms. The van der Waals surface area contributed by atoms with E-state index in [0.717, 1.165) is 48.9 Å². The molecule has 0 saturated heterocycles. The summed E-state index contributed by atoms with van der Waals surface area (Å²) in [7, 11) is 0. The van der Waals surface area contributed by atoms with Crippen LogP contribution in [0, 0.1) is 24.5 Å². The van der Waals surface area contributed by atoms with Crippen molar-refractivity contribution in [2.45, 2.75) is 51.6 Å². The van der Waals surface area contributed by atoms with E-state index in [1.807, 2.05) is 19.1 Å². The topological polar surface area (TPSA) is 9.23 Å². The summed E-state index contributed by atoms with van der Waals surface area (Å²) in [4.78, 5) is 0. The maximum atomic E-state index is 14.7. The molecule has 0 unspecified atom stereocenters. The van der Waals surface area contributed by atoms with E-state index >= 15 is 0 Å². The minimum absolute atomic E-state index is 0.188. The molecule has 1 saturated carbocycles. The molecular weight excluding hydrogens is 416 g/mol. The van der Waals surface area contributed by atoms with E-state index in [1.165, 1.54) is 18.2 Å². The number of halogens is 4. The first-order valence-electron chi connectivity index (χ1n) is 11.0. The zero-order valence-corrected chi connectivity index (χ0v) is 18.2. The van der Waals surface area contributed by atoms with Gasteiger partial charge in [0.05, 0.1) is 5.56 Å². The first kappa shape index (κ1) is 22.4. The van der Waals surface area contributed by atoms with Crippen molar-refractivity contribution >= 4 is 0 Å². The van der Waals surface area contributed by atoms with E-state index in [1.54, 1.807) is 18.2 Å². The van der Waals surface area contributed by atoms with Gasteiger partial charge < -0.3 is 4.74 Å². The smallest absolute Gasteiger partial charge is 0.429 e. The third-order valence-corrected chi connectivity index (χ3v) is 6.34. The standard InChI is InChI=1S/C27H26F4O/c1-17-3-7-19(8-4-17)21-11-14-24(26(29)15-21)27(30,31)32-22-12-13-23(25(28)16-22)20-9-5-18(2)6-10-20/h5-6,9-17,19H,3-4,7-8H2,1-2H3. The van der Waals surface area contributed by atoms with Crippen LogP contribution in [0.2, 0.25) is 0 Å². The lowest BCUT2D eigenvalue weighted by atomic mass is 9.79. The second-order valence-corrected chi connectivity index (χ2v) is 8.82. The Bertz CT molecular complexity index is 1080. The first-order chi connectivity index (χ1) is 15.2. The van der Waals surface area contributed by atoms with Gasteiger partial charge in [-0.05, 0) is 67.0 Å². The Morgan fingerprint density at radius 1 is 0.812 bits per heavy atom. The summed E-state index contributed by atoms with van der Waals surface area (Å²) < 4.78 is 63.5. The summed E-state index contributed by atoms with van der Waals surface area (Å²) in [6.07, 6.45) is 0.0370. The van der Waals surface area contributed by atoms with E-state index in [2.05, 4.69) is 6.92 Å². The molecule has 0 amide bonds. The predicted molar refractivity (Wildman–Crippen MR) is 118 cm³/mol. The Labute approximate surface area is 186 Å². The van der Waals surface area contributed by atoms with Crippen molar-refractivity contribution in [3.63, 3.8) is 0 Å². The third-order valence-electron chi connectivity index (χ3n) is 6.34. The highest BCUT2D eigenvalue weighted by Gasteiger charge is 2.38. The minimum Gasteiger partial charge on any atom is -0.429 e. The fraction of sp³-hybridized carbons (Fsp3) is 0.333. The van der Waals surface area contributed by atoms with Gasteiger partial charge in [0, 0.05) is 11.6 Å². The molecule has 3 aromatic rings. The normalized spacial score (nSPS) is 19.1. The van der Waals surface area contributed by atoms with Gasteiger partial charge in [0.2, 0.25) is 0 Å². The van der Waals surface area contributed by atoms with Crippen LogP contribution in [-0.4, -0.2) is 0 Å². The Balaban J connectivity index is 1.52. The van der Waals surface area contributed by atoms with Crippen LogP contribution in [0.25, 0.3) is 11.1 Å². The largest absolute Gasteiger partial charge is 0.429 e. The van der Waals surface area contributed by atoms with Crippen LogP contribution in [0.1, 0.15) is 55.2 Å². The molecule has 0 spiro atoms. The van der Waals surface area contributed by atoms with Crippen molar-refractivity contribution < 1.29 is 22.3 Å². The lowest BCUT2D eigenvalue weighted by Gasteiger charge is -2.27. The van der Waals surface area contributed by atoms with Gasteiger partial charge in [-0.3, -0.25) is 0 Å².